The van der Waals surface area contributed by atoms with Crippen LogP contribution in [0.3, 0.4) is 0 Å². The molecule has 2 unspecified atom stereocenters. The van der Waals surface area contributed by atoms with Crippen molar-refractivity contribution >= 4 is 35.0 Å². The summed E-state index contributed by atoms with van der Waals surface area (Å²) in [6, 6.07) is 5.71. The van der Waals surface area contributed by atoms with Crippen LogP contribution in [0.5, 0.6) is 5.75 Å². The first kappa shape index (κ1) is 32.0. The van der Waals surface area contributed by atoms with Crippen molar-refractivity contribution in [3.63, 3.8) is 0 Å². The maximum Gasteiger partial charge on any atom is 0.490 e. The van der Waals surface area contributed by atoms with E-state index in [0.717, 1.165) is 10.8 Å². The Labute approximate surface area is 223 Å². The first-order valence-electron chi connectivity index (χ1n) is 10.7. The molecule has 0 amide bonds. The van der Waals surface area contributed by atoms with E-state index in [-0.39, 0.29) is 35.8 Å². The van der Waals surface area contributed by atoms with Gasteiger partial charge in [0.2, 0.25) is 0 Å². The van der Waals surface area contributed by atoms with Crippen LogP contribution in [0.1, 0.15) is 18.9 Å². The molecule has 1 aliphatic rings. The highest BCUT2D eigenvalue weighted by molar-refractivity contribution is 7.66. The molecule has 0 bridgehead atoms. The lowest BCUT2D eigenvalue weighted by Gasteiger charge is -2.27. The Kier molecular flexibility index (Phi) is 9.37. The van der Waals surface area contributed by atoms with Gasteiger partial charge in [0.15, 0.2) is 11.6 Å². The van der Waals surface area contributed by atoms with Gasteiger partial charge in [0.05, 0.1) is 29.4 Å². The second-order valence-corrected chi connectivity index (χ2v) is 12.7. The number of nitro groups is 1. The predicted molar refractivity (Wildman–Crippen MR) is 129 cm³/mol. The van der Waals surface area contributed by atoms with Gasteiger partial charge in [0.25, 0.3) is 5.69 Å². The minimum absolute atomic E-state index is 0.172. The fourth-order valence-corrected chi connectivity index (χ4v) is 6.64. The summed E-state index contributed by atoms with van der Waals surface area (Å²) in [5, 5.41) is 21.6. The lowest BCUT2D eigenvalue weighted by Crippen LogP contribution is -2.40. The minimum Gasteiger partial charge on any atom is -0.483 e. The minimum atomic E-state index is -5.76. The lowest BCUT2D eigenvalue weighted by molar-refractivity contribution is -0.385. The van der Waals surface area contributed by atoms with Crippen molar-refractivity contribution in [2.75, 3.05) is 12.3 Å². The molecular weight excluding hydrogens is 609 g/mol. The fourth-order valence-electron chi connectivity index (χ4n) is 3.61. The molecule has 1 aliphatic heterocycles. The molecule has 0 aliphatic carbocycles. The number of phosphoric ester groups is 1. The molecule has 0 spiro atoms. The molecular formula is C17H23N4O16P3. The molecule has 5 atom stereocenters. The summed E-state index contributed by atoms with van der Waals surface area (Å²) in [7, 11) is -16.9. The monoisotopic (exact) mass is 632 g/mol. The zero-order chi connectivity index (χ0) is 30.1. The van der Waals surface area contributed by atoms with Gasteiger partial charge in [-0.05, 0) is 13.0 Å². The van der Waals surface area contributed by atoms with E-state index in [2.05, 4.69) is 18.1 Å². The zero-order valence-corrected chi connectivity index (χ0v) is 22.8. The summed E-state index contributed by atoms with van der Waals surface area (Å²) >= 11 is 0. The van der Waals surface area contributed by atoms with E-state index in [0.29, 0.717) is 0 Å². The summed E-state index contributed by atoms with van der Waals surface area (Å²) in [4.78, 5) is 62.8. The summed E-state index contributed by atoms with van der Waals surface area (Å²) in [6.45, 7) is 0.0227. The van der Waals surface area contributed by atoms with Crippen molar-refractivity contribution in [1.82, 2.24) is 9.55 Å². The standard InChI is InChI=1S/C17H23N4O16P3/c1-17(6-12(22)14(35-17)9-34-39(29,30)37-40(31,32)36-38(26,27)28)20-7-13(15(18)19-16(20)23)33-8-10-4-2-3-5-11(10)21(24)25/h2-5,7,12,14,22H,6,8-9H2,1H3,(H,29,30)(H,31,32)(H2,18,19,23)(H2,26,27,28)/t12-,14+,17+/m0/s1. The Morgan fingerprint density at radius 1 is 1.20 bits per heavy atom. The highest BCUT2D eigenvalue weighted by atomic mass is 31.3. The number of hydrogen-bond donors (Lipinski definition) is 6. The van der Waals surface area contributed by atoms with E-state index >= 15 is 0 Å². The number of nitrogens with two attached hydrogens (primary N) is 1. The lowest BCUT2D eigenvalue weighted by atomic mass is 10.1. The smallest absolute Gasteiger partial charge is 0.483 e. The molecule has 20 nitrogen and oxygen atoms in total. The highest BCUT2D eigenvalue weighted by Crippen LogP contribution is 2.66. The van der Waals surface area contributed by atoms with Crippen molar-refractivity contribution in [2.24, 2.45) is 0 Å². The average molecular weight is 632 g/mol. The molecule has 1 saturated heterocycles. The van der Waals surface area contributed by atoms with Gasteiger partial charge in [-0.1, -0.05) is 12.1 Å². The third-order valence-electron chi connectivity index (χ3n) is 5.24. The molecule has 3 rings (SSSR count). The molecule has 1 fully saturated rings. The summed E-state index contributed by atoms with van der Waals surface area (Å²) in [6.07, 6.45) is -2.16. The van der Waals surface area contributed by atoms with Crippen LogP contribution >= 0.6 is 23.5 Å². The van der Waals surface area contributed by atoms with Crippen molar-refractivity contribution < 1.29 is 65.9 Å². The maximum atomic E-state index is 12.6. The summed E-state index contributed by atoms with van der Waals surface area (Å²) < 4.78 is 57.9. The quantitative estimate of drug-likeness (QED) is 0.105. The Balaban J connectivity index is 1.74. The van der Waals surface area contributed by atoms with Crippen LogP contribution in [0.25, 0.3) is 0 Å². The summed E-state index contributed by atoms with van der Waals surface area (Å²) in [5.74, 6) is -0.528. The largest absolute Gasteiger partial charge is 0.490 e. The number of aliphatic hydroxyl groups is 1. The first-order valence-corrected chi connectivity index (χ1v) is 15.2. The molecule has 222 valence electrons. The van der Waals surface area contributed by atoms with E-state index in [1.807, 2.05) is 0 Å². The number of aliphatic hydroxyl groups excluding tert-OH is 1. The van der Waals surface area contributed by atoms with Crippen LogP contribution in [0.15, 0.2) is 35.3 Å². The predicted octanol–water partition coefficient (Wildman–Crippen LogP) is 0.478. The first-order chi connectivity index (χ1) is 18.3. The number of phosphoric acid groups is 3. The van der Waals surface area contributed by atoms with Crippen LogP contribution < -0.4 is 16.2 Å². The highest BCUT2D eigenvalue weighted by Gasteiger charge is 2.47. The van der Waals surface area contributed by atoms with Gasteiger partial charge in [0.1, 0.15) is 18.4 Å². The number of aromatic nitrogens is 2. The second-order valence-electron chi connectivity index (χ2n) is 8.31. The Bertz CT molecular complexity index is 1480. The SMILES string of the molecule is C[C@]1(n2cc(OCc3ccccc3[N+](=O)[O-])c(N)nc2=O)C[C@H](O)[C@@H](COP(=O)(O)OP(=O)(O)OP(=O)(O)O)O1. The van der Waals surface area contributed by atoms with Crippen LogP contribution in [-0.2, 0) is 43.9 Å². The van der Waals surface area contributed by atoms with Gasteiger partial charge < -0.3 is 39.9 Å². The molecule has 23 heteroatoms. The Morgan fingerprint density at radius 2 is 1.85 bits per heavy atom. The van der Waals surface area contributed by atoms with E-state index < -0.39 is 58.6 Å². The van der Waals surface area contributed by atoms with E-state index in [9.17, 15) is 43.5 Å². The number of anilines is 1. The van der Waals surface area contributed by atoms with Gasteiger partial charge in [-0.3, -0.25) is 19.2 Å². The number of hydrogen-bond acceptors (Lipinski definition) is 14. The number of benzene rings is 1. The molecule has 2 heterocycles. The van der Waals surface area contributed by atoms with Gasteiger partial charge in [-0.15, -0.1) is 0 Å². The van der Waals surface area contributed by atoms with Gasteiger partial charge in [0, 0.05) is 12.5 Å². The van der Waals surface area contributed by atoms with E-state index in [4.69, 9.17) is 25.0 Å². The molecule has 0 saturated carbocycles. The van der Waals surface area contributed by atoms with Crippen LogP contribution in [0.4, 0.5) is 11.5 Å². The van der Waals surface area contributed by atoms with Crippen LogP contribution in [0, 0.1) is 10.1 Å². The van der Waals surface area contributed by atoms with Crippen LogP contribution in [0.2, 0.25) is 0 Å². The zero-order valence-electron chi connectivity index (χ0n) is 20.2. The Morgan fingerprint density at radius 3 is 2.48 bits per heavy atom. The topological polar surface area (TPSA) is 303 Å². The molecule has 7 N–H and O–H groups in total. The maximum absolute atomic E-state index is 12.6. The normalized spacial score (nSPS) is 24.2. The van der Waals surface area contributed by atoms with Gasteiger partial charge in [-0.25, -0.2) is 18.5 Å². The van der Waals surface area contributed by atoms with Crippen molar-refractivity contribution in [1.29, 1.82) is 0 Å². The number of ether oxygens (including phenoxy) is 2. The molecule has 40 heavy (non-hydrogen) atoms. The van der Waals surface area contributed by atoms with Gasteiger partial charge >= 0.3 is 29.2 Å². The third-order valence-corrected chi connectivity index (χ3v) is 9.04. The second kappa shape index (κ2) is 11.7. The average Bonchev–Trinajstić information content (AvgIpc) is 3.09. The molecule has 0 radical (unpaired) electrons. The van der Waals surface area contributed by atoms with E-state index in [1.165, 1.54) is 25.1 Å². The Hall–Kier alpha value is -2.57. The number of nitrogens with zero attached hydrogens (tertiary/aromatic N) is 3. The van der Waals surface area contributed by atoms with Crippen molar-refractivity contribution in [2.45, 2.75) is 37.9 Å². The van der Waals surface area contributed by atoms with Gasteiger partial charge in [-0.2, -0.15) is 13.6 Å². The fraction of sp³-hybridized carbons (Fsp3) is 0.412. The molecule has 2 aromatic rings. The van der Waals surface area contributed by atoms with Crippen LogP contribution in [-0.4, -0.2) is 58.0 Å². The molecule has 1 aromatic carbocycles. The number of para-hydroxylation sites is 1. The number of nitrogen functional groups attached to an aromatic ring is 1. The third kappa shape index (κ3) is 8.23. The summed E-state index contributed by atoms with van der Waals surface area (Å²) in [5.41, 5.74) is 3.09. The molecule has 1 aromatic heterocycles. The van der Waals surface area contributed by atoms with Crippen molar-refractivity contribution in [3.05, 3.63) is 56.6 Å². The van der Waals surface area contributed by atoms with E-state index in [1.54, 1.807) is 6.07 Å². The number of rotatable bonds is 12. The van der Waals surface area contributed by atoms with Crippen molar-refractivity contribution in [3.8, 4) is 5.75 Å². The number of nitro benzene ring substituents is 1.